The SMILES string of the molecule is CC1(C)c2ccccc2C(=O)c2ccc(-c3ccc4c(c3)c3cc(N(c5ccc6c(c5)C(C)(C)c5ccccc5-6)c5ccc6c(c5)C(C)(C)c5ccccc5-6)ccc3n4-c3ccccc3)cc21. The summed E-state index contributed by atoms with van der Waals surface area (Å²) in [5, 5.41) is 2.35. The Morgan fingerprint density at radius 2 is 0.731 bits per heavy atom. The molecule has 1 aromatic heterocycles. The second-order valence-electron chi connectivity index (χ2n) is 20.5. The molecule has 9 aromatic carbocycles. The van der Waals surface area contributed by atoms with Crippen LogP contribution in [0.4, 0.5) is 17.1 Å². The molecule has 67 heavy (non-hydrogen) atoms. The molecule has 0 unspecified atom stereocenters. The minimum Gasteiger partial charge on any atom is -0.310 e. The predicted molar refractivity (Wildman–Crippen MR) is 278 cm³/mol. The quantitative estimate of drug-likeness (QED) is 0.172. The van der Waals surface area contributed by atoms with Gasteiger partial charge in [-0.2, -0.15) is 0 Å². The molecule has 0 N–H and O–H groups in total. The number of rotatable bonds is 5. The third-order valence-electron chi connectivity index (χ3n) is 15.8. The summed E-state index contributed by atoms with van der Waals surface area (Å²) in [6.45, 7) is 13.9. The Labute approximate surface area is 392 Å². The van der Waals surface area contributed by atoms with Gasteiger partial charge in [-0.05, 0) is 140 Å². The van der Waals surface area contributed by atoms with Gasteiger partial charge >= 0.3 is 0 Å². The van der Waals surface area contributed by atoms with Gasteiger partial charge in [0.1, 0.15) is 0 Å². The van der Waals surface area contributed by atoms with E-state index in [4.69, 9.17) is 0 Å². The maximum absolute atomic E-state index is 13.9. The lowest BCUT2D eigenvalue weighted by Gasteiger charge is -2.34. The fourth-order valence-electron chi connectivity index (χ4n) is 12.3. The van der Waals surface area contributed by atoms with Crippen molar-refractivity contribution in [3.63, 3.8) is 0 Å². The molecule has 1 heterocycles. The zero-order valence-electron chi connectivity index (χ0n) is 38.8. The van der Waals surface area contributed by atoms with E-state index in [9.17, 15) is 4.79 Å². The van der Waals surface area contributed by atoms with Gasteiger partial charge in [-0.1, -0.05) is 163 Å². The fourth-order valence-corrected chi connectivity index (χ4v) is 12.3. The summed E-state index contributed by atoms with van der Waals surface area (Å²) in [6, 6.07) is 71.2. The Balaban J connectivity index is 1.02. The first kappa shape index (κ1) is 39.6. The number of para-hydroxylation sites is 1. The highest BCUT2D eigenvalue weighted by Gasteiger charge is 2.39. The molecular weight excluding hydrogens is 813 g/mol. The molecule has 0 bridgehead atoms. The van der Waals surface area contributed by atoms with Gasteiger partial charge in [0, 0.05) is 60.9 Å². The number of anilines is 3. The van der Waals surface area contributed by atoms with Crippen LogP contribution in [0.1, 0.15) is 90.8 Å². The van der Waals surface area contributed by atoms with E-state index in [-0.39, 0.29) is 22.0 Å². The molecular formula is C64H50N2O. The van der Waals surface area contributed by atoms with Gasteiger partial charge in [-0.3, -0.25) is 4.79 Å². The van der Waals surface area contributed by atoms with Crippen LogP contribution < -0.4 is 4.90 Å². The molecule has 13 rings (SSSR count). The number of carbonyl (C=O) groups is 1. The first-order chi connectivity index (χ1) is 32.4. The zero-order chi connectivity index (χ0) is 45.6. The van der Waals surface area contributed by atoms with Crippen LogP contribution in [-0.4, -0.2) is 10.4 Å². The molecule has 0 saturated carbocycles. The fraction of sp³-hybridized carbons (Fsp3) is 0.141. The van der Waals surface area contributed by atoms with Crippen LogP contribution in [0.15, 0.2) is 194 Å². The van der Waals surface area contributed by atoms with Gasteiger partial charge in [0.05, 0.1) is 11.0 Å². The van der Waals surface area contributed by atoms with Gasteiger partial charge in [0.2, 0.25) is 0 Å². The molecule has 3 aliphatic rings. The van der Waals surface area contributed by atoms with Crippen molar-refractivity contribution in [3.8, 4) is 39.1 Å². The second-order valence-corrected chi connectivity index (χ2v) is 20.5. The zero-order valence-corrected chi connectivity index (χ0v) is 38.8. The average Bonchev–Trinajstić information content (AvgIpc) is 3.89. The van der Waals surface area contributed by atoms with Crippen molar-refractivity contribution in [3.05, 3.63) is 239 Å². The smallest absolute Gasteiger partial charge is 0.193 e. The Morgan fingerprint density at radius 1 is 0.343 bits per heavy atom. The van der Waals surface area contributed by atoms with Crippen molar-refractivity contribution in [2.45, 2.75) is 57.8 Å². The van der Waals surface area contributed by atoms with E-state index in [0.29, 0.717) is 0 Å². The molecule has 0 saturated heterocycles. The Bertz CT molecular complexity index is 3640. The molecule has 0 atom stereocenters. The van der Waals surface area contributed by atoms with Crippen molar-refractivity contribution >= 4 is 44.7 Å². The van der Waals surface area contributed by atoms with Gasteiger partial charge < -0.3 is 9.47 Å². The standard InChI is InChI=1S/C64H50N2O/c1-62(2)53-21-13-10-18-45(53)47-30-26-43(37-57(47)62)65(44-27-31-48-46-19-11-14-22-54(46)63(3,4)58(48)38-44)42-28-33-60-52(36-42)51-34-39(25-32-59(51)66(60)41-16-8-7-9-17-41)40-24-29-50-56(35-40)64(5,6)55-23-15-12-20-49(55)61(50)67/h7-38H,1-6H3. The average molecular weight is 863 g/mol. The minimum absolute atomic E-state index is 0.0999. The highest BCUT2D eigenvalue weighted by atomic mass is 16.1. The Hall–Kier alpha value is -7.75. The molecule has 0 radical (unpaired) electrons. The highest BCUT2D eigenvalue weighted by Crippen LogP contribution is 2.54. The molecule has 0 aliphatic heterocycles. The number of ketones is 1. The van der Waals surface area contributed by atoms with Crippen molar-refractivity contribution in [2.75, 3.05) is 4.90 Å². The molecule has 0 fully saturated rings. The molecule has 3 heteroatoms. The minimum atomic E-state index is -0.327. The van der Waals surface area contributed by atoms with E-state index in [1.807, 2.05) is 24.3 Å². The molecule has 0 amide bonds. The largest absolute Gasteiger partial charge is 0.310 e. The first-order valence-electron chi connectivity index (χ1n) is 23.6. The van der Waals surface area contributed by atoms with Crippen LogP contribution in [-0.2, 0) is 16.2 Å². The van der Waals surface area contributed by atoms with Crippen molar-refractivity contribution in [1.29, 1.82) is 0 Å². The van der Waals surface area contributed by atoms with E-state index < -0.39 is 0 Å². The summed E-state index contributed by atoms with van der Waals surface area (Å²) < 4.78 is 2.40. The van der Waals surface area contributed by atoms with Crippen LogP contribution in [0.3, 0.4) is 0 Å². The molecule has 10 aromatic rings. The summed E-state index contributed by atoms with van der Waals surface area (Å²) in [5.41, 5.74) is 22.8. The van der Waals surface area contributed by atoms with E-state index >= 15 is 0 Å². The molecule has 322 valence electrons. The highest BCUT2D eigenvalue weighted by molar-refractivity contribution is 6.14. The van der Waals surface area contributed by atoms with Crippen LogP contribution in [0.25, 0.3) is 60.9 Å². The number of benzene rings is 9. The summed E-state index contributed by atoms with van der Waals surface area (Å²) in [7, 11) is 0. The number of carbonyl (C=O) groups excluding carboxylic acids is 1. The van der Waals surface area contributed by atoms with Gasteiger partial charge in [0.15, 0.2) is 5.78 Å². The second kappa shape index (κ2) is 13.9. The lowest BCUT2D eigenvalue weighted by Crippen LogP contribution is -2.30. The van der Waals surface area contributed by atoms with Crippen LogP contribution in [0.5, 0.6) is 0 Å². The Morgan fingerprint density at radius 3 is 1.33 bits per heavy atom. The summed E-state index contributed by atoms with van der Waals surface area (Å²) >= 11 is 0. The number of hydrogen-bond acceptors (Lipinski definition) is 2. The van der Waals surface area contributed by atoms with E-state index in [1.165, 1.54) is 55.3 Å². The maximum Gasteiger partial charge on any atom is 0.193 e. The predicted octanol–water partition coefficient (Wildman–Crippen LogP) is 16.4. The summed E-state index contributed by atoms with van der Waals surface area (Å²) in [5.74, 6) is 0.0999. The van der Waals surface area contributed by atoms with Crippen LogP contribution in [0, 0.1) is 0 Å². The van der Waals surface area contributed by atoms with Crippen molar-refractivity contribution in [1.82, 2.24) is 4.57 Å². The number of aromatic nitrogens is 1. The number of hydrogen-bond donors (Lipinski definition) is 0. The number of fused-ring (bicyclic) bond motifs is 11. The Kier molecular flexibility index (Phi) is 8.21. The first-order valence-corrected chi connectivity index (χ1v) is 23.6. The van der Waals surface area contributed by atoms with Crippen molar-refractivity contribution in [2.24, 2.45) is 0 Å². The van der Waals surface area contributed by atoms with Crippen LogP contribution in [0.2, 0.25) is 0 Å². The van der Waals surface area contributed by atoms with Gasteiger partial charge in [0.25, 0.3) is 0 Å². The third-order valence-corrected chi connectivity index (χ3v) is 15.8. The van der Waals surface area contributed by atoms with Gasteiger partial charge in [-0.15, -0.1) is 0 Å². The monoisotopic (exact) mass is 862 g/mol. The van der Waals surface area contributed by atoms with Crippen molar-refractivity contribution < 1.29 is 4.79 Å². The van der Waals surface area contributed by atoms with E-state index in [1.54, 1.807) is 0 Å². The van der Waals surface area contributed by atoms with Crippen LogP contribution >= 0.6 is 0 Å². The third kappa shape index (κ3) is 5.55. The summed E-state index contributed by atoms with van der Waals surface area (Å²) in [6.07, 6.45) is 0. The topological polar surface area (TPSA) is 25.2 Å². The normalized spacial score (nSPS) is 15.4. The number of nitrogens with zero attached hydrogens (tertiary/aromatic N) is 2. The molecule has 3 aliphatic carbocycles. The molecule has 0 spiro atoms. The lowest BCUT2D eigenvalue weighted by molar-refractivity contribution is 0.103. The molecule has 3 nitrogen and oxygen atoms in total. The lowest BCUT2D eigenvalue weighted by atomic mass is 9.68. The van der Waals surface area contributed by atoms with E-state index in [2.05, 4.69) is 221 Å². The maximum atomic E-state index is 13.9. The summed E-state index contributed by atoms with van der Waals surface area (Å²) in [4.78, 5) is 16.3. The van der Waals surface area contributed by atoms with Gasteiger partial charge in [-0.25, -0.2) is 0 Å². The van der Waals surface area contributed by atoms with E-state index in [0.717, 1.165) is 67.2 Å².